The van der Waals surface area contributed by atoms with E-state index in [2.05, 4.69) is 20.8 Å². The molecule has 0 bridgehead atoms. The van der Waals surface area contributed by atoms with Crippen LogP contribution in [0.5, 0.6) is 0 Å². The highest BCUT2D eigenvalue weighted by molar-refractivity contribution is 8.04. The summed E-state index contributed by atoms with van der Waals surface area (Å²) in [4.78, 5) is 24.6. The van der Waals surface area contributed by atoms with E-state index in [1.807, 2.05) is 0 Å². The fourth-order valence-corrected chi connectivity index (χ4v) is 5.63. The van der Waals surface area contributed by atoms with Crippen molar-refractivity contribution in [3.05, 3.63) is 60.2 Å². The fourth-order valence-electron chi connectivity index (χ4n) is 2.32. The van der Waals surface area contributed by atoms with Gasteiger partial charge in [0.2, 0.25) is 11.8 Å². The van der Waals surface area contributed by atoms with Crippen molar-refractivity contribution in [3.8, 4) is 0 Å². The number of amides is 2. The van der Waals surface area contributed by atoms with Crippen LogP contribution in [0.1, 0.15) is 13.8 Å². The molecule has 0 aliphatic carbocycles. The van der Waals surface area contributed by atoms with Crippen LogP contribution in [0.15, 0.2) is 57.2 Å². The van der Waals surface area contributed by atoms with Gasteiger partial charge in [0.05, 0.1) is 10.5 Å². The summed E-state index contributed by atoms with van der Waals surface area (Å²) in [5.41, 5.74) is 0.758. The van der Waals surface area contributed by atoms with Crippen LogP contribution in [0, 0.1) is 11.6 Å². The third-order valence-electron chi connectivity index (χ3n) is 3.87. The lowest BCUT2D eigenvalue weighted by molar-refractivity contribution is -0.116. The summed E-state index contributed by atoms with van der Waals surface area (Å²) in [6, 6.07) is 11.3. The zero-order valence-electron chi connectivity index (χ0n) is 16.5. The van der Waals surface area contributed by atoms with Gasteiger partial charge in [-0.2, -0.15) is 0 Å². The molecule has 2 amide bonds. The van der Waals surface area contributed by atoms with Crippen molar-refractivity contribution in [1.82, 2.24) is 10.2 Å². The average Bonchev–Trinajstić information content (AvgIpc) is 3.14. The molecule has 3 rings (SSSR count). The molecular weight excluding hydrogens is 462 g/mol. The monoisotopic (exact) mass is 480 g/mol. The van der Waals surface area contributed by atoms with Gasteiger partial charge in [-0.1, -0.05) is 47.0 Å². The largest absolute Gasteiger partial charge is 0.325 e. The lowest BCUT2D eigenvalue weighted by Gasteiger charge is -2.10. The summed E-state index contributed by atoms with van der Waals surface area (Å²) in [6.07, 6.45) is 0. The maximum atomic E-state index is 13.2. The Morgan fingerprint density at radius 1 is 0.839 bits per heavy atom. The summed E-state index contributed by atoms with van der Waals surface area (Å²) >= 11 is 3.70. The molecule has 0 aliphatic rings. The molecule has 162 valence electrons. The lowest BCUT2D eigenvalue weighted by atomic mass is 10.3. The Labute approximate surface area is 190 Å². The second-order valence-corrected chi connectivity index (χ2v) is 10.5. The summed E-state index contributed by atoms with van der Waals surface area (Å²) < 4.78 is 27.6. The highest BCUT2D eigenvalue weighted by atomic mass is 32.2. The zero-order chi connectivity index (χ0) is 22.4. The highest BCUT2D eigenvalue weighted by Gasteiger charge is 2.20. The fraction of sp³-hybridized carbons (Fsp3) is 0.200. The highest BCUT2D eigenvalue weighted by Crippen LogP contribution is 2.33. The van der Waals surface area contributed by atoms with Gasteiger partial charge in [0.15, 0.2) is 8.68 Å². The maximum Gasteiger partial charge on any atom is 0.237 e. The van der Waals surface area contributed by atoms with Gasteiger partial charge in [0.1, 0.15) is 11.6 Å². The van der Waals surface area contributed by atoms with Crippen molar-refractivity contribution in [2.45, 2.75) is 33.0 Å². The Balaban J connectivity index is 1.52. The molecule has 2 N–H and O–H groups in total. The van der Waals surface area contributed by atoms with E-state index in [4.69, 9.17) is 0 Å². The lowest BCUT2D eigenvalue weighted by Crippen LogP contribution is -2.22. The second kappa shape index (κ2) is 10.7. The van der Waals surface area contributed by atoms with E-state index in [1.54, 1.807) is 26.0 Å². The third-order valence-corrected chi connectivity index (χ3v) is 7.16. The minimum absolute atomic E-state index is 0.289. The molecule has 0 spiro atoms. The number of hydrogen-bond acceptors (Lipinski definition) is 7. The van der Waals surface area contributed by atoms with E-state index in [1.165, 1.54) is 71.3 Å². The molecule has 0 radical (unpaired) electrons. The number of nitrogens with zero attached hydrogens (tertiary/aromatic N) is 2. The van der Waals surface area contributed by atoms with Gasteiger partial charge in [-0.3, -0.25) is 9.59 Å². The van der Waals surface area contributed by atoms with Gasteiger partial charge in [0, 0.05) is 11.4 Å². The smallest absolute Gasteiger partial charge is 0.237 e. The summed E-state index contributed by atoms with van der Waals surface area (Å²) in [5.74, 6) is -1.44. The van der Waals surface area contributed by atoms with Crippen LogP contribution in [0.3, 0.4) is 0 Å². The van der Waals surface area contributed by atoms with Gasteiger partial charge < -0.3 is 10.6 Å². The number of rotatable bonds is 8. The molecule has 1 heterocycles. The van der Waals surface area contributed by atoms with Crippen LogP contribution in [-0.2, 0) is 9.59 Å². The van der Waals surface area contributed by atoms with Gasteiger partial charge >= 0.3 is 0 Å². The predicted molar refractivity (Wildman–Crippen MR) is 121 cm³/mol. The molecular formula is C20H18F2N4O2S3. The summed E-state index contributed by atoms with van der Waals surface area (Å²) in [7, 11) is 0. The molecule has 0 saturated heterocycles. The standard InChI is InChI=1S/C20H18F2N4O2S3/c1-11(17(27)23-15-7-3-5-13(21)9-15)29-19-25-26-20(31-19)30-12(2)18(28)24-16-8-4-6-14(22)10-16/h3-12H,1-2H3,(H,23,27)(H,24,28). The zero-order valence-corrected chi connectivity index (χ0v) is 18.9. The van der Waals surface area contributed by atoms with E-state index in [9.17, 15) is 18.4 Å². The topological polar surface area (TPSA) is 84.0 Å². The minimum atomic E-state index is -0.484. The number of anilines is 2. The Kier molecular flexibility index (Phi) is 7.99. The van der Waals surface area contributed by atoms with Crippen LogP contribution in [0.4, 0.5) is 20.2 Å². The Hall–Kier alpha value is -2.50. The Bertz CT molecular complexity index is 998. The SMILES string of the molecule is CC(Sc1nnc(SC(C)C(=O)Nc2cccc(F)c2)s1)C(=O)Nc1cccc(F)c1. The van der Waals surface area contributed by atoms with Gasteiger partial charge in [0.25, 0.3) is 0 Å². The molecule has 11 heteroatoms. The van der Waals surface area contributed by atoms with Gasteiger partial charge in [-0.15, -0.1) is 10.2 Å². The number of aromatic nitrogens is 2. The number of carbonyl (C=O) groups excluding carboxylic acids is 2. The van der Waals surface area contributed by atoms with Crippen molar-refractivity contribution in [2.24, 2.45) is 0 Å². The predicted octanol–water partition coefficient (Wildman–Crippen LogP) is 5.05. The maximum absolute atomic E-state index is 13.2. The van der Waals surface area contributed by atoms with E-state index < -0.39 is 22.1 Å². The molecule has 6 nitrogen and oxygen atoms in total. The molecule has 0 aliphatic heterocycles. The third kappa shape index (κ3) is 7.01. The average molecular weight is 481 g/mol. The molecule has 1 aromatic heterocycles. The Morgan fingerprint density at radius 2 is 1.26 bits per heavy atom. The molecule has 2 unspecified atom stereocenters. The molecule has 0 saturated carbocycles. The van der Waals surface area contributed by atoms with Crippen LogP contribution in [0.2, 0.25) is 0 Å². The first-order chi connectivity index (χ1) is 14.8. The molecule has 3 aromatic rings. The normalized spacial score (nSPS) is 12.8. The van der Waals surface area contributed by atoms with E-state index >= 15 is 0 Å². The number of carbonyl (C=O) groups is 2. The van der Waals surface area contributed by atoms with Crippen molar-refractivity contribution in [3.63, 3.8) is 0 Å². The van der Waals surface area contributed by atoms with Gasteiger partial charge in [-0.25, -0.2) is 8.78 Å². The molecule has 31 heavy (non-hydrogen) atoms. The first-order valence-corrected chi connectivity index (χ1v) is 11.7. The van der Waals surface area contributed by atoms with Crippen molar-refractivity contribution >= 4 is 58.0 Å². The minimum Gasteiger partial charge on any atom is -0.325 e. The van der Waals surface area contributed by atoms with E-state index in [0.717, 1.165) is 0 Å². The second-order valence-electron chi connectivity index (χ2n) is 6.35. The van der Waals surface area contributed by atoms with Crippen LogP contribution >= 0.6 is 34.9 Å². The number of halogens is 2. The number of hydrogen-bond donors (Lipinski definition) is 2. The van der Waals surface area contributed by atoms with Crippen LogP contribution < -0.4 is 10.6 Å². The van der Waals surface area contributed by atoms with Crippen molar-refractivity contribution in [2.75, 3.05) is 10.6 Å². The number of thioether (sulfide) groups is 2. The molecule has 0 fully saturated rings. The molecule has 2 atom stereocenters. The van der Waals surface area contributed by atoms with E-state index in [0.29, 0.717) is 20.1 Å². The quantitative estimate of drug-likeness (QED) is 0.439. The summed E-state index contributed by atoms with van der Waals surface area (Å²) in [6.45, 7) is 3.42. The van der Waals surface area contributed by atoms with Crippen molar-refractivity contribution < 1.29 is 18.4 Å². The summed E-state index contributed by atoms with van der Waals surface area (Å²) in [5, 5.41) is 12.5. The van der Waals surface area contributed by atoms with Crippen molar-refractivity contribution in [1.29, 1.82) is 0 Å². The first-order valence-electron chi connectivity index (χ1n) is 9.10. The Morgan fingerprint density at radius 3 is 1.65 bits per heavy atom. The molecule has 2 aromatic carbocycles. The first kappa shape index (κ1) is 23.2. The van der Waals surface area contributed by atoms with Crippen LogP contribution in [0.25, 0.3) is 0 Å². The number of benzene rings is 2. The van der Waals surface area contributed by atoms with Crippen LogP contribution in [-0.4, -0.2) is 32.5 Å². The van der Waals surface area contributed by atoms with Gasteiger partial charge in [-0.05, 0) is 50.2 Å². The number of nitrogens with one attached hydrogen (secondary N) is 2. The van der Waals surface area contributed by atoms with E-state index in [-0.39, 0.29) is 11.8 Å².